The first-order valence-electron chi connectivity index (χ1n) is 38.6. The third-order valence-electron chi connectivity index (χ3n) is 17.9. The van der Waals surface area contributed by atoms with Crippen molar-refractivity contribution in [3.05, 3.63) is 0 Å². The van der Waals surface area contributed by atoms with Crippen molar-refractivity contribution >= 4 is 39.5 Å². The van der Waals surface area contributed by atoms with Gasteiger partial charge in [-0.15, -0.1) is 0 Å². The van der Waals surface area contributed by atoms with Gasteiger partial charge in [-0.3, -0.25) is 37.3 Å². The van der Waals surface area contributed by atoms with Gasteiger partial charge in [-0.25, -0.2) is 9.13 Å². The first kappa shape index (κ1) is 91.1. The third-order valence-corrected chi connectivity index (χ3v) is 19.8. The maximum Gasteiger partial charge on any atom is 0.472 e. The number of phosphoric ester groups is 2. The Hall–Kier alpha value is -1.94. The van der Waals surface area contributed by atoms with E-state index in [1.54, 1.807) is 0 Å². The molecule has 0 aromatic rings. The summed E-state index contributed by atoms with van der Waals surface area (Å²) >= 11 is 0. The molecule has 0 amide bonds. The number of phosphoric acid groups is 2. The summed E-state index contributed by atoms with van der Waals surface area (Å²) in [5.41, 5.74) is 0. The fourth-order valence-electron chi connectivity index (χ4n) is 11.2. The highest BCUT2D eigenvalue weighted by Gasteiger charge is 2.30. The van der Waals surface area contributed by atoms with E-state index < -0.39 is 97.5 Å². The molecule has 0 aliphatic heterocycles. The fourth-order valence-corrected chi connectivity index (χ4v) is 12.8. The summed E-state index contributed by atoms with van der Waals surface area (Å²) in [7, 11) is -9.90. The van der Waals surface area contributed by atoms with Gasteiger partial charge in [-0.2, -0.15) is 0 Å². The highest BCUT2D eigenvalue weighted by Crippen LogP contribution is 2.45. The van der Waals surface area contributed by atoms with Gasteiger partial charge in [0.05, 0.1) is 26.4 Å². The SMILES string of the molecule is CCCCCCCCCCCCCC(=O)OC[C@H](COP(=O)(O)OC[C@@H](O)COP(=O)(O)OC[C@@H](COC(=O)CCCCCCCCCCCC)OC(=O)CCCCCCCCC(C)CC)OC(=O)CCCCCCCCCCCCCCCCCCCCC(C)CC. The molecular weight excluding hydrogens is 1220 g/mol. The Labute approximate surface area is 568 Å². The van der Waals surface area contributed by atoms with Crippen molar-refractivity contribution < 1.29 is 80.2 Å². The van der Waals surface area contributed by atoms with Crippen LogP contribution in [0.5, 0.6) is 0 Å². The summed E-state index contributed by atoms with van der Waals surface area (Å²) in [5.74, 6) is -0.531. The summed E-state index contributed by atoms with van der Waals surface area (Å²) < 4.78 is 68.3. The molecule has 0 aromatic heterocycles. The van der Waals surface area contributed by atoms with Gasteiger partial charge in [0.1, 0.15) is 19.3 Å². The van der Waals surface area contributed by atoms with E-state index >= 15 is 0 Å². The minimum atomic E-state index is -4.95. The highest BCUT2D eigenvalue weighted by molar-refractivity contribution is 7.47. The Bertz CT molecular complexity index is 1810. The molecule has 3 N–H and O–H groups in total. The van der Waals surface area contributed by atoms with Crippen LogP contribution in [-0.2, 0) is 65.4 Å². The van der Waals surface area contributed by atoms with E-state index in [0.29, 0.717) is 25.7 Å². The number of esters is 4. The van der Waals surface area contributed by atoms with Crippen LogP contribution in [-0.4, -0.2) is 96.7 Å². The van der Waals surface area contributed by atoms with Gasteiger partial charge in [0.15, 0.2) is 12.2 Å². The Balaban J connectivity index is 5.15. The average molecular weight is 1370 g/mol. The molecule has 4 unspecified atom stereocenters. The smallest absolute Gasteiger partial charge is 0.462 e. The normalized spacial score (nSPS) is 14.6. The Kier molecular flexibility index (Phi) is 64.6. The molecule has 0 aromatic carbocycles. The Morgan fingerprint density at radius 2 is 0.516 bits per heavy atom. The molecule has 0 spiro atoms. The standard InChI is InChI=1S/C74H144O17P2/c1-7-11-13-15-17-19-29-34-38-45-51-57-72(77)84-62-69(90-73(78)58-52-46-39-35-31-28-26-24-22-21-23-25-27-30-32-36-42-48-54-66(5)9-3)64-88-92(80,81)86-60-68(75)61-87-93(82,83)89-65-70(91-74(79)59-53-47-41-40-43-49-55-67(6)10-4)63-85-71(76)56-50-44-37-33-20-18-16-14-12-8-2/h66-70,75H,7-65H2,1-6H3,(H,80,81)(H,82,83)/t66?,67?,68-,69-,70-/m1/s1. The monoisotopic (exact) mass is 1370 g/mol. The number of rotatable bonds is 73. The zero-order valence-electron chi connectivity index (χ0n) is 60.6. The quantitative estimate of drug-likeness (QED) is 0.0222. The minimum Gasteiger partial charge on any atom is -0.462 e. The zero-order valence-corrected chi connectivity index (χ0v) is 62.3. The van der Waals surface area contributed by atoms with Gasteiger partial charge in [-0.1, -0.05) is 330 Å². The molecule has 552 valence electrons. The molecule has 19 heteroatoms. The van der Waals surface area contributed by atoms with Crippen LogP contribution in [0.15, 0.2) is 0 Å². The average Bonchev–Trinajstić information content (AvgIpc) is 2.81. The van der Waals surface area contributed by atoms with Crippen LogP contribution in [0.3, 0.4) is 0 Å². The molecule has 0 bridgehead atoms. The van der Waals surface area contributed by atoms with Crippen LogP contribution in [0.25, 0.3) is 0 Å². The van der Waals surface area contributed by atoms with E-state index in [2.05, 4.69) is 41.5 Å². The van der Waals surface area contributed by atoms with Crippen LogP contribution in [0.2, 0.25) is 0 Å². The molecule has 0 heterocycles. The van der Waals surface area contributed by atoms with Crippen molar-refractivity contribution in [3.8, 4) is 0 Å². The molecular formula is C74H144O17P2. The largest absolute Gasteiger partial charge is 0.472 e. The summed E-state index contributed by atoms with van der Waals surface area (Å²) in [6, 6.07) is 0. The van der Waals surface area contributed by atoms with E-state index in [1.807, 2.05) is 0 Å². The topological polar surface area (TPSA) is 237 Å². The molecule has 0 fully saturated rings. The van der Waals surface area contributed by atoms with E-state index in [0.717, 1.165) is 102 Å². The molecule has 0 aliphatic carbocycles. The summed E-state index contributed by atoms with van der Waals surface area (Å²) in [4.78, 5) is 72.6. The van der Waals surface area contributed by atoms with E-state index in [1.165, 1.54) is 199 Å². The number of ether oxygens (including phenoxy) is 4. The lowest BCUT2D eigenvalue weighted by Crippen LogP contribution is -2.30. The second-order valence-corrected chi connectivity index (χ2v) is 30.1. The number of unbranched alkanes of at least 4 members (excludes halogenated alkanes) is 41. The van der Waals surface area contributed by atoms with Gasteiger partial charge in [0, 0.05) is 25.7 Å². The highest BCUT2D eigenvalue weighted by atomic mass is 31.2. The van der Waals surface area contributed by atoms with Gasteiger partial charge < -0.3 is 33.8 Å². The lowest BCUT2D eigenvalue weighted by Gasteiger charge is -2.21. The summed E-state index contributed by atoms with van der Waals surface area (Å²) in [6.45, 7) is 9.58. The number of carbonyl (C=O) groups is 4. The number of hydrogen-bond donors (Lipinski definition) is 3. The maximum atomic E-state index is 13.0. The van der Waals surface area contributed by atoms with E-state index in [-0.39, 0.29) is 25.7 Å². The van der Waals surface area contributed by atoms with Gasteiger partial charge in [0.2, 0.25) is 0 Å². The van der Waals surface area contributed by atoms with Crippen molar-refractivity contribution in [2.45, 2.75) is 400 Å². The van der Waals surface area contributed by atoms with Crippen LogP contribution in [0, 0.1) is 11.8 Å². The van der Waals surface area contributed by atoms with Crippen LogP contribution in [0.1, 0.15) is 382 Å². The first-order valence-corrected chi connectivity index (χ1v) is 41.6. The van der Waals surface area contributed by atoms with E-state index in [4.69, 9.17) is 37.0 Å². The first-order chi connectivity index (χ1) is 44.9. The summed E-state index contributed by atoms with van der Waals surface area (Å²) in [5, 5.41) is 10.6. The second-order valence-electron chi connectivity index (χ2n) is 27.2. The lowest BCUT2D eigenvalue weighted by atomic mass is 9.99. The maximum absolute atomic E-state index is 13.0. The lowest BCUT2D eigenvalue weighted by molar-refractivity contribution is -0.161. The molecule has 0 rings (SSSR count). The third kappa shape index (κ3) is 65.8. The minimum absolute atomic E-state index is 0.103. The number of aliphatic hydroxyl groups is 1. The van der Waals surface area contributed by atoms with Gasteiger partial charge in [0.25, 0.3) is 0 Å². The predicted octanol–water partition coefficient (Wildman–Crippen LogP) is 21.6. The van der Waals surface area contributed by atoms with Crippen molar-refractivity contribution in [3.63, 3.8) is 0 Å². The van der Waals surface area contributed by atoms with Crippen molar-refractivity contribution in [1.29, 1.82) is 0 Å². The number of hydrogen-bond acceptors (Lipinski definition) is 15. The van der Waals surface area contributed by atoms with Crippen molar-refractivity contribution in [2.24, 2.45) is 11.8 Å². The van der Waals surface area contributed by atoms with Crippen LogP contribution in [0.4, 0.5) is 0 Å². The second kappa shape index (κ2) is 66.0. The van der Waals surface area contributed by atoms with Crippen molar-refractivity contribution in [1.82, 2.24) is 0 Å². The molecule has 93 heavy (non-hydrogen) atoms. The van der Waals surface area contributed by atoms with E-state index in [9.17, 15) is 43.2 Å². The van der Waals surface area contributed by atoms with Gasteiger partial charge in [-0.05, 0) is 37.5 Å². The molecule has 7 atom stereocenters. The zero-order chi connectivity index (χ0) is 68.6. The Morgan fingerprint density at radius 1 is 0.301 bits per heavy atom. The Morgan fingerprint density at radius 3 is 0.763 bits per heavy atom. The van der Waals surface area contributed by atoms with Crippen molar-refractivity contribution in [2.75, 3.05) is 39.6 Å². The fraction of sp³-hybridized carbons (Fsp3) is 0.946. The summed E-state index contributed by atoms with van der Waals surface area (Å²) in [6.07, 6.45) is 52.8. The molecule has 0 saturated heterocycles. The van der Waals surface area contributed by atoms with Crippen LogP contribution >= 0.6 is 15.6 Å². The molecule has 0 aliphatic rings. The predicted molar refractivity (Wildman–Crippen MR) is 377 cm³/mol. The molecule has 0 radical (unpaired) electrons. The number of carbonyl (C=O) groups excluding carboxylic acids is 4. The van der Waals surface area contributed by atoms with Gasteiger partial charge >= 0.3 is 39.5 Å². The molecule has 0 saturated carbocycles. The molecule has 17 nitrogen and oxygen atoms in total. The van der Waals surface area contributed by atoms with Crippen LogP contribution < -0.4 is 0 Å². The number of aliphatic hydroxyl groups excluding tert-OH is 1.